The molecule has 1 aliphatic rings. The first-order valence-electron chi connectivity index (χ1n) is 9.36. The SMILES string of the molecule is COc1ccc(S(=O)(=O)NC2CC2)cc1NC(=O)Cc1nc(-c2cccs2)oc1C. The Balaban J connectivity index is 1.52. The molecule has 2 aromatic heterocycles. The first kappa shape index (κ1) is 20.6. The average Bonchev–Trinajstić information content (AvgIpc) is 3.19. The van der Waals surface area contributed by atoms with Crippen LogP contribution in [0.2, 0.25) is 0 Å². The second-order valence-electron chi connectivity index (χ2n) is 6.98. The van der Waals surface area contributed by atoms with Crippen molar-refractivity contribution in [1.82, 2.24) is 9.71 Å². The van der Waals surface area contributed by atoms with E-state index in [9.17, 15) is 13.2 Å². The summed E-state index contributed by atoms with van der Waals surface area (Å²) in [5.41, 5.74) is 0.801. The van der Waals surface area contributed by atoms with Gasteiger partial charge in [0.25, 0.3) is 0 Å². The summed E-state index contributed by atoms with van der Waals surface area (Å²) in [5, 5.41) is 4.65. The number of hydrogen-bond acceptors (Lipinski definition) is 7. The number of nitrogens with zero attached hydrogens (tertiary/aromatic N) is 1. The summed E-state index contributed by atoms with van der Waals surface area (Å²) in [7, 11) is -2.20. The minimum atomic E-state index is -3.65. The van der Waals surface area contributed by atoms with Gasteiger partial charge in [-0.05, 0) is 49.4 Å². The zero-order valence-electron chi connectivity index (χ0n) is 16.5. The molecule has 2 N–H and O–H groups in total. The first-order chi connectivity index (χ1) is 14.4. The fourth-order valence-electron chi connectivity index (χ4n) is 2.88. The maximum absolute atomic E-state index is 12.6. The number of methoxy groups -OCH3 is 1. The van der Waals surface area contributed by atoms with E-state index in [1.54, 1.807) is 6.92 Å². The van der Waals surface area contributed by atoms with Crippen LogP contribution in [0.1, 0.15) is 24.3 Å². The maximum atomic E-state index is 12.6. The number of benzene rings is 1. The number of aromatic nitrogens is 1. The molecule has 0 spiro atoms. The number of amides is 1. The minimum absolute atomic E-state index is 0.0113. The van der Waals surface area contributed by atoms with Crippen molar-refractivity contribution in [3.8, 4) is 16.5 Å². The third-order valence-corrected chi connectivity index (χ3v) is 6.98. The van der Waals surface area contributed by atoms with Crippen molar-refractivity contribution >= 4 is 33.0 Å². The lowest BCUT2D eigenvalue weighted by Crippen LogP contribution is -2.26. The van der Waals surface area contributed by atoms with Crippen molar-refractivity contribution in [3.05, 3.63) is 47.2 Å². The number of thiophene rings is 1. The Morgan fingerprint density at radius 1 is 1.33 bits per heavy atom. The van der Waals surface area contributed by atoms with Crippen LogP contribution in [0.3, 0.4) is 0 Å². The zero-order chi connectivity index (χ0) is 21.3. The molecule has 158 valence electrons. The number of carbonyl (C=O) groups is 1. The van der Waals surface area contributed by atoms with Crippen molar-refractivity contribution in [1.29, 1.82) is 0 Å². The number of sulfonamides is 1. The molecule has 1 fully saturated rings. The monoisotopic (exact) mass is 447 g/mol. The van der Waals surface area contributed by atoms with Crippen LogP contribution in [-0.4, -0.2) is 32.5 Å². The number of carbonyl (C=O) groups excluding carboxylic acids is 1. The van der Waals surface area contributed by atoms with Crippen molar-refractivity contribution in [2.75, 3.05) is 12.4 Å². The third-order valence-electron chi connectivity index (χ3n) is 4.61. The van der Waals surface area contributed by atoms with Gasteiger partial charge in [0.2, 0.25) is 21.8 Å². The molecular formula is C20H21N3O5S2. The largest absolute Gasteiger partial charge is 0.495 e. The van der Waals surface area contributed by atoms with Gasteiger partial charge >= 0.3 is 0 Å². The molecule has 0 aliphatic heterocycles. The minimum Gasteiger partial charge on any atom is -0.495 e. The lowest BCUT2D eigenvalue weighted by Gasteiger charge is -2.12. The molecule has 8 nitrogen and oxygen atoms in total. The summed E-state index contributed by atoms with van der Waals surface area (Å²) in [6, 6.07) is 8.15. The van der Waals surface area contributed by atoms with Gasteiger partial charge in [0.05, 0.1) is 34.7 Å². The number of nitrogens with one attached hydrogen (secondary N) is 2. The topological polar surface area (TPSA) is 111 Å². The van der Waals surface area contributed by atoms with E-state index >= 15 is 0 Å². The normalized spacial score (nSPS) is 13.9. The van der Waals surface area contributed by atoms with E-state index in [1.165, 1.54) is 36.6 Å². The smallest absolute Gasteiger partial charge is 0.240 e. The molecule has 1 amide bonds. The molecule has 1 aliphatic carbocycles. The predicted molar refractivity (Wildman–Crippen MR) is 113 cm³/mol. The molecule has 0 bridgehead atoms. The van der Waals surface area contributed by atoms with Crippen LogP contribution in [0.5, 0.6) is 5.75 Å². The van der Waals surface area contributed by atoms with Gasteiger partial charge in [-0.15, -0.1) is 11.3 Å². The van der Waals surface area contributed by atoms with E-state index in [0.717, 1.165) is 17.7 Å². The van der Waals surface area contributed by atoms with Gasteiger partial charge in [0, 0.05) is 6.04 Å². The number of rotatable bonds is 8. The van der Waals surface area contributed by atoms with Crippen LogP contribution in [0.15, 0.2) is 45.0 Å². The Hall–Kier alpha value is -2.69. The highest BCUT2D eigenvalue weighted by Crippen LogP contribution is 2.30. The molecule has 2 heterocycles. The van der Waals surface area contributed by atoms with Gasteiger partial charge in [-0.2, -0.15) is 0 Å². The lowest BCUT2D eigenvalue weighted by molar-refractivity contribution is -0.115. The van der Waals surface area contributed by atoms with E-state index in [2.05, 4.69) is 15.0 Å². The lowest BCUT2D eigenvalue weighted by atomic mass is 10.2. The Bertz CT molecular complexity index is 1170. The van der Waals surface area contributed by atoms with Crippen molar-refractivity contribution in [2.24, 2.45) is 0 Å². The van der Waals surface area contributed by atoms with Gasteiger partial charge in [-0.1, -0.05) is 6.07 Å². The van der Waals surface area contributed by atoms with E-state index in [0.29, 0.717) is 23.1 Å². The summed E-state index contributed by atoms with van der Waals surface area (Å²) in [6.45, 7) is 1.75. The molecule has 3 aromatic rings. The fraction of sp³-hybridized carbons (Fsp3) is 0.300. The molecule has 4 rings (SSSR count). The van der Waals surface area contributed by atoms with Gasteiger partial charge in [-0.3, -0.25) is 4.79 Å². The number of oxazole rings is 1. The highest BCUT2D eigenvalue weighted by Gasteiger charge is 2.28. The van der Waals surface area contributed by atoms with Crippen LogP contribution in [-0.2, 0) is 21.2 Å². The zero-order valence-corrected chi connectivity index (χ0v) is 18.1. The molecule has 10 heteroatoms. The molecule has 0 unspecified atom stereocenters. The molecule has 1 aromatic carbocycles. The standard InChI is InChI=1S/C20H21N3O5S2/c1-12-15(22-20(28-12)18-4-3-9-29-18)11-19(24)21-16-10-14(7-8-17(16)27-2)30(25,26)23-13-5-6-13/h3-4,7-10,13,23H,5-6,11H2,1-2H3,(H,21,24). The first-order valence-corrected chi connectivity index (χ1v) is 11.7. The van der Waals surface area contributed by atoms with Gasteiger partial charge in [0.1, 0.15) is 11.5 Å². The quantitative estimate of drug-likeness (QED) is 0.548. The highest BCUT2D eigenvalue weighted by molar-refractivity contribution is 7.89. The van der Waals surface area contributed by atoms with E-state index < -0.39 is 10.0 Å². The molecule has 0 atom stereocenters. The van der Waals surface area contributed by atoms with E-state index in [4.69, 9.17) is 9.15 Å². The fourth-order valence-corrected chi connectivity index (χ4v) is 4.86. The molecular weight excluding hydrogens is 426 g/mol. The van der Waals surface area contributed by atoms with Gasteiger partial charge in [-0.25, -0.2) is 18.1 Å². The Labute approximate surface area is 178 Å². The van der Waals surface area contributed by atoms with Crippen LogP contribution in [0.4, 0.5) is 5.69 Å². The third kappa shape index (κ3) is 4.55. The summed E-state index contributed by atoms with van der Waals surface area (Å²) in [5.74, 6) is 1.05. The Kier molecular flexibility index (Phi) is 5.63. The maximum Gasteiger partial charge on any atom is 0.240 e. The van der Waals surface area contributed by atoms with Crippen LogP contribution in [0.25, 0.3) is 10.8 Å². The number of anilines is 1. The number of aryl methyl sites for hydroxylation is 1. The van der Waals surface area contributed by atoms with Crippen LogP contribution >= 0.6 is 11.3 Å². The average molecular weight is 448 g/mol. The van der Waals surface area contributed by atoms with Crippen molar-refractivity contribution in [2.45, 2.75) is 37.1 Å². The van der Waals surface area contributed by atoms with Gasteiger partial charge in [0.15, 0.2) is 0 Å². The molecule has 0 radical (unpaired) electrons. The van der Waals surface area contributed by atoms with E-state index in [-0.39, 0.29) is 29.0 Å². The second-order valence-corrected chi connectivity index (χ2v) is 9.64. The van der Waals surface area contributed by atoms with Crippen molar-refractivity contribution < 1.29 is 22.4 Å². The summed E-state index contributed by atoms with van der Waals surface area (Å²) >= 11 is 1.50. The highest BCUT2D eigenvalue weighted by atomic mass is 32.2. The summed E-state index contributed by atoms with van der Waals surface area (Å²) < 4.78 is 38.5. The van der Waals surface area contributed by atoms with Crippen molar-refractivity contribution in [3.63, 3.8) is 0 Å². The number of hydrogen-bond donors (Lipinski definition) is 2. The number of ether oxygens (including phenoxy) is 1. The molecule has 1 saturated carbocycles. The Morgan fingerprint density at radius 3 is 2.80 bits per heavy atom. The van der Waals surface area contributed by atoms with Gasteiger partial charge < -0.3 is 14.5 Å². The van der Waals surface area contributed by atoms with Crippen LogP contribution < -0.4 is 14.8 Å². The summed E-state index contributed by atoms with van der Waals surface area (Å²) in [6.07, 6.45) is 1.66. The van der Waals surface area contributed by atoms with Crippen LogP contribution in [0, 0.1) is 6.92 Å². The molecule has 30 heavy (non-hydrogen) atoms. The predicted octanol–water partition coefficient (Wildman–Crippen LogP) is 3.34. The van der Waals surface area contributed by atoms with E-state index in [1.807, 2.05) is 17.5 Å². The summed E-state index contributed by atoms with van der Waals surface area (Å²) in [4.78, 5) is 18.0. The molecule has 0 saturated heterocycles. The Morgan fingerprint density at radius 2 is 2.13 bits per heavy atom. The second kappa shape index (κ2) is 8.21.